The fourth-order valence-corrected chi connectivity index (χ4v) is 3.53. The molecule has 2 rings (SSSR count). The van der Waals surface area contributed by atoms with Crippen LogP contribution in [0.4, 0.5) is 0 Å². The Morgan fingerprint density at radius 1 is 1.43 bits per heavy atom. The Balaban J connectivity index is 2.02. The highest BCUT2D eigenvalue weighted by Gasteiger charge is 2.27. The van der Waals surface area contributed by atoms with Crippen LogP contribution in [0, 0.1) is 17.2 Å². The van der Waals surface area contributed by atoms with Crippen molar-refractivity contribution in [2.24, 2.45) is 5.92 Å². The third-order valence-electron chi connectivity index (χ3n) is 3.14. The summed E-state index contributed by atoms with van der Waals surface area (Å²) in [6, 6.07) is 7.82. The maximum absolute atomic E-state index is 12.1. The number of carboxylic acids is 1. The molecule has 0 fully saturated rings. The van der Waals surface area contributed by atoms with Crippen LogP contribution in [0.3, 0.4) is 0 Å². The van der Waals surface area contributed by atoms with Crippen molar-refractivity contribution in [3.05, 3.63) is 47.5 Å². The molecule has 0 heterocycles. The van der Waals surface area contributed by atoms with E-state index in [1.165, 1.54) is 12.1 Å². The summed E-state index contributed by atoms with van der Waals surface area (Å²) >= 11 is 0. The first-order valence-electron chi connectivity index (χ1n) is 6.30. The quantitative estimate of drug-likeness (QED) is 0.789. The van der Waals surface area contributed by atoms with E-state index in [1.54, 1.807) is 24.3 Å². The zero-order valence-electron chi connectivity index (χ0n) is 11.1. The van der Waals surface area contributed by atoms with Gasteiger partial charge >= 0.3 is 5.97 Å². The summed E-state index contributed by atoms with van der Waals surface area (Å²) in [7, 11) is -3.60. The van der Waals surface area contributed by atoms with Crippen LogP contribution < -0.4 is 4.72 Å². The Bertz CT molecular complexity index is 719. The van der Waals surface area contributed by atoms with Gasteiger partial charge in [0.1, 0.15) is 0 Å². The zero-order chi connectivity index (χ0) is 15.5. The van der Waals surface area contributed by atoms with Gasteiger partial charge in [-0.05, 0) is 24.1 Å². The predicted octanol–water partition coefficient (Wildman–Crippen LogP) is 1.01. The van der Waals surface area contributed by atoms with E-state index in [0.29, 0.717) is 11.1 Å². The molecule has 110 valence electrons. The molecule has 0 saturated carbocycles. The minimum absolute atomic E-state index is 0.215. The van der Waals surface area contributed by atoms with Gasteiger partial charge < -0.3 is 5.11 Å². The molecular weight excluding hydrogens is 292 g/mol. The van der Waals surface area contributed by atoms with Crippen molar-refractivity contribution < 1.29 is 18.3 Å². The van der Waals surface area contributed by atoms with Gasteiger partial charge in [-0.3, -0.25) is 4.79 Å². The van der Waals surface area contributed by atoms with Crippen molar-refractivity contribution in [1.82, 2.24) is 4.72 Å². The molecular formula is C14H14N2O4S. The van der Waals surface area contributed by atoms with Gasteiger partial charge in [0.25, 0.3) is 0 Å². The van der Waals surface area contributed by atoms with E-state index in [-0.39, 0.29) is 12.2 Å². The van der Waals surface area contributed by atoms with Crippen molar-refractivity contribution in [1.29, 1.82) is 5.26 Å². The first-order valence-corrected chi connectivity index (χ1v) is 7.95. The summed E-state index contributed by atoms with van der Waals surface area (Å²) in [5.74, 6) is -1.86. The Kier molecular flexibility index (Phi) is 4.40. The third-order valence-corrected chi connectivity index (χ3v) is 4.52. The number of hydrogen-bond donors (Lipinski definition) is 2. The summed E-state index contributed by atoms with van der Waals surface area (Å²) in [5.41, 5.74) is 0.910. The number of benzene rings is 1. The third kappa shape index (κ3) is 4.15. The second-order valence-corrected chi connectivity index (χ2v) is 6.61. The van der Waals surface area contributed by atoms with Gasteiger partial charge in [-0.2, -0.15) is 5.26 Å². The van der Waals surface area contributed by atoms with E-state index in [0.717, 1.165) is 0 Å². The maximum Gasteiger partial charge on any atom is 0.310 e. The molecule has 0 spiro atoms. The maximum atomic E-state index is 12.1. The first kappa shape index (κ1) is 15.2. The summed E-state index contributed by atoms with van der Waals surface area (Å²) < 4.78 is 26.6. The standard InChI is InChI=1S/C14H14N2O4S/c15-8-10-2-1-3-11(6-10)9-21(19,20)16-13-5-4-12(7-13)14(17)18/h1-6,12-13,16H,7,9H2,(H,17,18). The minimum atomic E-state index is -3.60. The topological polar surface area (TPSA) is 107 Å². The Hall–Kier alpha value is -2.17. The summed E-state index contributed by atoms with van der Waals surface area (Å²) in [5, 5.41) is 17.7. The number of nitrogens with zero attached hydrogens (tertiary/aromatic N) is 1. The van der Waals surface area contributed by atoms with E-state index >= 15 is 0 Å². The van der Waals surface area contributed by atoms with Crippen molar-refractivity contribution in [3.8, 4) is 6.07 Å². The van der Waals surface area contributed by atoms with E-state index in [9.17, 15) is 13.2 Å². The number of sulfonamides is 1. The van der Waals surface area contributed by atoms with Gasteiger partial charge in [0, 0.05) is 6.04 Å². The molecule has 0 radical (unpaired) electrons. The number of nitriles is 1. The zero-order valence-corrected chi connectivity index (χ0v) is 11.9. The van der Waals surface area contributed by atoms with Gasteiger partial charge in [-0.1, -0.05) is 24.3 Å². The van der Waals surface area contributed by atoms with Gasteiger partial charge in [0.15, 0.2) is 0 Å². The molecule has 0 aromatic heterocycles. The summed E-state index contributed by atoms with van der Waals surface area (Å²) in [6.07, 6.45) is 3.26. The van der Waals surface area contributed by atoms with Gasteiger partial charge in [-0.15, -0.1) is 0 Å². The van der Waals surface area contributed by atoms with Crippen LogP contribution >= 0.6 is 0 Å². The van der Waals surface area contributed by atoms with Crippen molar-refractivity contribution in [3.63, 3.8) is 0 Å². The van der Waals surface area contributed by atoms with E-state index < -0.39 is 28.0 Å². The van der Waals surface area contributed by atoms with E-state index in [2.05, 4.69) is 4.72 Å². The molecule has 2 N–H and O–H groups in total. The van der Waals surface area contributed by atoms with Crippen LogP contribution in [0.5, 0.6) is 0 Å². The number of nitrogens with one attached hydrogen (secondary N) is 1. The molecule has 21 heavy (non-hydrogen) atoms. The lowest BCUT2D eigenvalue weighted by Gasteiger charge is -2.12. The van der Waals surface area contributed by atoms with Crippen LogP contribution in [0.1, 0.15) is 17.5 Å². The summed E-state index contributed by atoms with van der Waals surface area (Å²) in [4.78, 5) is 10.8. The monoisotopic (exact) mass is 306 g/mol. The molecule has 1 aromatic carbocycles. The van der Waals surface area contributed by atoms with Gasteiger partial charge in [-0.25, -0.2) is 13.1 Å². The molecule has 6 nitrogen and oxygen atoms in total. The summed E-state index contributed by atoms with van der Waals surface area (Å²) in [6.45, 7) is 0. The van der Waals surface area contributed by atoms with Crippen LogP contribution in [0.15, 0.2) is 36.4 Å². The highest BCUT2D eigenvalue weighted by molar-refractivity contribution is 7.88. The second kappa shape index (κ2) is 6.08. The number of aliphatic carboxylic acids is 1. The van der Waals surface area contributed by atoms with Crippen LogP contribution in [-0.2, 0) is 20.6 Å². The normalized spacial score (nSPS) is 21.1. The largest absolute Gasteiger partial charge is 0.481 e. The number of carboxylic acid groups (broad SMARTS) is 1. The molecule has 2 atom stereocenters. The lowest BCUT2D eigenvalue weighted by atomic mass is 10.1. The highest BCUT2D eigenvalue weighted by Crippen LogP contribution is 2.19. The lowest BCUT2D eigenvalue weighted by molar-refractivity contribution is -0.140. The second-order valence-electron chi connectivity index (χ2n) is 4.86. The first-order chi connectivity index (χ1) is 9.89. The number of hydrogen-bond acceptors (Lipinski definition) is 4. The predicted molar refractivity (Wildman–Crippen MR) is 75.6 cm³/mol. The van der Waals surface area contributed by atoms with E-state index in [1.807, 2.05) is 6.07 Å². The highest BCUT2D eigenvalue weighted by atomic mass is 32.2. The molecule has 1 aromatic rings. The SMILES string of the molecule is N#Cc1cccc(CS(=O)(=O)NC2C=CC(C(=O)O)C2)c1. The van der Waals surface area contributed by atoms with E-state index in [4.69, 9.17) is 10.4 Å². The van der Waals surface area contributed by atoms with Crippen LogP contribution in [-0.4, -0.2) is 25.5 Å². The molecule has 0 aliphatic heterocycles. The number of rotatable bonds is 5. The Labute approximate surface area is 122 Å². The smallest absolute Gasteiger partial charge is 0.310 e. The average Bonchev–Trinajstić information content (AvgIpc) is 2.86. The average molecular weight is 306 g/mol. The molecule has 1 aliphatic carbocycles. The van der Waals surface area contributed by atoms with Crippen LogP contribution in [0.2, 0.25) is 0 Å². The molecule has 1 aliphatic rings. The Morgan fingerprint density at radius 2 is 2.19 bits per heavy atom. The van der Waals surface area contributed by atoms with Crippen molar-refractivity contribution in [2.75, 3.05) is 0 Å². The minimum Gasteiger partial charge on any atom is -0.481 e. The fourth-order valence-electron chi connectivity index (χ4n) is 2.19. The van der Waals surface area contributed by atoms with Crippen molar-refractivity contribution >= 4 is 16.0 Å². The number of carbonyl (C=O) groups is 1. The molecule has 2 unspecified atom stereocenters. The lowest BCUT2D eigenvalue weighted by Crippen LogP contribution is -2.34. The van der Waals surface area contributed by atoms with Gasteiger partial charge in [0.2, 0.25) is 10.0 Å². The van der Waals surface area contributed by atoms with Crippen LogP contribution in [0.25, 0.3) is 0 Å². The molecule has 0 bridgehead atoms. The molecule has 0 saturated heterocycles. The Morgan fingerprint density at radius 3 is 2.81 bits per heavy atom. The molecule has 7 heteroatoms. The van der Waals surface area contributed by atoms with Crippen molar-refractivity contribution in [2.45, 2.75) is 18.2 Å². The fraction of sp³-hybridized carbons (Fsp3) is 0.286. The molecule has 0 amide bonds. The van der Waals surface area contributed by atoms with Gasteiger partial charge in [0.05, 0.1) is 23.3 Å².